The Labute approximate surface area is 176 Å². The standard InChI is InChI=1S/C23H29NO4S/c1-13(2)17-9-7-16(11-15(17)4)28-12-20(25)24-22-21(23(26)27-5)18-8-6-14(3)10-19(18)29-22/h7,9,11,13-14H,6,8,10,12H2,1-5H3,(H,24,25)/t14-/m1/s1. The Balaban J connectivity index is 1.71. The number of hydrogen-bond acceptors (Lipinski definition) is 5. The number of carbonyl (C=O) groups excluding carboxylic acids is 2. The lowest BCUT2D eigenvalue weighted by atomic mass is 9.88. The van der Waals surface area contributed by atoms with Crippen LogP contribution in [0.3, 0.4) is 0 Å². The van der Waals surface area contributed by atoms with Crippen LogP contribution in [0.25, 0.3) is 0 Å². The maximum atomic E-state index is 12.5. The molecule has 0 unspecified atom stereocenters. The topological polar surface area (TPSA) is 64.6 Å². The Hall–Kier alpha value is -2.34. The van der Waals surface area contributed by atoms with Gasteiger partial charge < -0.3 is 14.8 Å². The number of amides is 1. The van der Waals surface area contributed by atoms with Gasteiger partial charge in [0.1, 0.15) is 10.8 Å². The van der Waals surface area contributed by atoms with E-state index in [1.165, 1.54) is 28.9 Å². The average molecular weight is 416 g/mol. The molecule has 1 aromatic carbocycles. The zero-order chi connectivity index (χ0) is 21.1. The lowest BCUT2D eigenvalue weighted by Gasteiger charge is -2.18. The van der Waals surface area contributed by atoms with Gasteiger partial charge in [-0.2, -0.15) is 0 Å². The summed E-state index contributed by atoms with van der Waals surface area (Å²) < 4.78 is 10.6. The molecule has 0 bridgehead atoms. The molecule has 0 spiro atoms. The molecule has 1 aliphatic rings. The summed E-state index contributed by atoms with van der Waals surface area (Å²) in [5, 5.41) is 3.43. The lowest BCUT2D eigenvalue weighted by molar-refractivity contribution is -0.118. The summed E-state index contributed by atoms with van der Waals surface area (Å²) in [6, 6.07) is 5.88. The number of esters is 1. The minimum absolute atomic E-state index is 0.111. The van der Waals surface area contributed by atoms with Gasteiger partial charge in [-0.3, -0.25) is 4.79 Å². The van der Waals surface area contributed by atoms with Crippen LogP contribution < -0.4 is 10.1 Å². The van der Waals surface area contributed by atoms with Crippen LogP contribution in [0.15, 0.2) is 18.2 Å². The Morgan fingerprint density at radius 2 is 2.07 bits per heavy atom. The number of hydrogen-bond donors (Lipinski definition) is 1. The highest BCUT2D eigenvalue weighted by Gasteiger charge is 2.28. The highest BCUT2D eigenvalue weighted by atomic mass is 32.1. The molecule has 5 nitrogen and oxygen atoms in total. The van der Waals surface area contributed by atoms with E-state index in [1.54, 1.807) is 0 Å². The van der Waals surface area contributed by atoms with Crippen molar-refractivity contribution < 1.29 is 19.1 Å². The van der Waals surface area contributed by atoms with E-state index in [-0.39, 0.29) is 12.5 Å². The van der Waals surface area contributed by atoms with Gasteiger partial charge in [0.05, 0.1) is 12.7 Å². The molecule has 2 aromatic rings. The first-order chi connectivity index (χ1) is 13.8. The third kappa shape index (κ3) is 4.81. The van der Waals surface area contributed by atoms with Crippen LogP contribution in [0.1, 0.15) is 65.0 Å². The maximum absolute atomic E-state index is 12.5. The van der Waals surface area contributed by atoms with Crippen molar-refractivity contribution in [2.45, 2.75) is 52.9 Å². The van der Waals surface area contributed by atoms with Gasteiger partial charge in [-0.1, -0.05) is 26.8 Å². The molecule has 6 heteroatoms. The summed E-state index contributed by atoms with van der Waals surface area (Å²) in [7, 11) is 1.37. The van der Waals surface area contributed by atoms with E-state index < -0.39 is 5.97 Å². The normalized spacial score (nSPS) is 15.7. The van der Waals surface area contributed by atoms with E-state index in [0.717, 1.165) is 30.4 Å². The van der Waals surface area contributed by atoms with Gasteiger partial charge in [0.25, 0.3) is 5.91 Å². The van der Waals surface area contributed by atoms with Gasteiger partial charge in [0.15, 0.2) is 6.61 Å². The molecule has 0 fully saturated rings. The highest BCUT2D eigenvalue weighted by Crippen LogP contribution is 2.40. The van der Waals surface area contributed by atoms with Crippen molar-refractivity contribution in [3.8, 4) is 5.75 Å². The van der Waals surface area contributed by atoms with Crippen LogP contribution in [0.5, 0.6) is 5.75 Å². The summed E-state index contributed by atoms with van der Waals surface area (Å²) in [6.07, 6.45) is 2.80. The summed E-state index contributed by atoms with van der Waals surface area (Å²) in [4.78, 5) is 26.0. The first-order valence-electron chi connectivity index (χ1n) is 10.1. The van der Waals surface area contributed by atoms with E-state index in [4.69, 9.17) is 9.47 Å². The minimum atomic E-state index is -0.395. The Morgan fingerprint density at radius 3 is 2.72 bits per heavy atom. The number of carbonyl (C=O) groups is 2. The van der Waals surface area contributed by atoms with E-state index in [2.05, 4.69) is 26.1 Å². The number of ether oxygens (including phenoxy) is 2. The van der Waals surface area contributed by atoms with Crippen LogP contribution in [0.4, 0.5) is 5.00 Å². The molecule has 1 N–H and O–H groups in total. The first-order valence-corrected chi connectivity index (χ1v) is 10.9. The van der Waals surface area contributed by atoms with Gasteiger partial charge in [-0.05, 0) is 66.8 Å². The molecule has 0 radical (unpaired) electrons. The molecule has 1 aromatic heterocycles. The molecule has 0 saturated heterocycles. The van der Waals surface area contributed by atoms with Crippen LogP contribution in [0.2, 0.25) is 0 Å². The van der Waals surface area contributed by atoms with Crippen molar-refractivity contribution in [3.63, 3.8) is 0 Å². The van der Waals surface area contributed by atoms with E-state index in [1.807, 2.05) is 25.1 Å². The van der Waals surface area contributed by atoms with Gasteiger partial charge in [-0.15, -0.1) is 11.3 Å². The molecule has 29 heavy (non-hydrogen) atoms. The molecule has 1 atom stereocenters. The predicted octanol–water partition coefficient (Wildman–Crippen LogP) is 5.11. The summed E-state index contributed by atoms with van der Waals surface area (Å²) in [5.41, 5.74) is 3.94. The van der Waals surface area contributed by atoms with Crippen molar-refractivity contribution in [2.75, 3.05) is 19.0 Å². The fourth-order valence-corrected chi connectivity index (χ4v) is 5.27. The zero-order valence-corrected chi connectivity index (χ0v) is 18.6. The second-order valence-corrected chi connectivity index (χ2v) is 9.16. The molecule has 156 valence electrons. The minimum Gasteiger partial charge on any atom is -0.484 e. The molecular weight excluding hydrogens is 386 g/mol. The van der Waals surface area contributed by atoms with Crippen LogP contribution in [-0.2, 0) is 22.4 Å². The van der Waals surface area contributed by atoms with Crippen molar-refractivity contribution in [3.05, 3.63) is 45.3 Å². The van der Waals surface area contributed by atoms with Gasteiger partial charge in [0, 0.05) is 4.88 Å². The van der Waals surface area contributed by atoms with Crippen LogP contribution in [-0.4, -0.2) is 25.6 Å². The monoisotopic (exact) mass is 415 g/mol. The maximum Gasteiger partial charge on any atom is 0.341 e. The average Bonchev–Trinajstić information content (AvgIpc) is 3.02. The summed E-state index contributed by atoms with van der Waals surface area (Å²) in [6.45, 7) is 8.44. The third-order valence-electron chi connectivity index (χ3n) is 5.39. The van der Waals surface area contributed by atoms with Crippen molar-refractivity contribution in [1.29, 1.82) is 0 Å². The summed E-state index contributed by atoms with van der Waals surface area (Å²) in [5.74, 6) is 1.00. The molecule has 1 amide bonds. The van der Waals surface area contributed by atoms with Crippen molar-refractivity contribution in [1.82, 2.24) is 0 Å². The fraction of sp³-hybridized carbons (Fsp3) is 0.478. The second-order valence-electron chi connectivity index (χ2n) is 8.06. The van der Waals surface area contributed by atoms with Gasteiger partial charge in [-0.25, -0.2) is 4.79 Å². The molecule has 3 rings (SSSR count). The molecular formula is C23H29NO4S. The molecule has 1 heterocycles. The number of anilines is 1. The van der Waals surface area contributed by atoms with E-state index in [0.29, 0.717) is 28.1 Å². The molecule has 0 aliphatic heterocycles. The van der Waals surface area contributed by atoms with Crippen molar-refractivity contribution in [2.24, 2.45) is 5.92 Å². The number of benzene rings is 1. The van der Waals surface area contributed by atoms with Gasteiger partial charge in [0.2, 0.25) is 0 Å². The zero-order valence-electron chi connectivity index (χ0n) is 17.8. The van der Waals surface area contributed by atoms with Crippen LogP contribution in [0, 0.1) is 12.8 Å². The first kappa shape index (κ1) is 21.4. The number of rotatable bonds is 6. The quantitative estimate of drug-likeness (QED) is 0.666. The number of methoxy groups -OCH3 is 1. The Kier molecular flexibility index (Phi) is 6.63. The van der Waals surface area contributed by atoms with Gasteiger partial charge >= 0.3 is 5.97 Å². The third-order valence-corrected chi connectivity index (χ3v) is 6.56. The number of nitrogens with one attached hydrogen (secondary N) is 1. The number of fused-ring (bicyclic) bond motifs is 1. The smallest absolute Gasteiger partial charge is 0.341 e. The van der Waals surface area contributed by atoms with E-state index >= 15 is 0 Å². The van der Waals surface area contributed by atoms with Crippen molar-refractivity contribution >= 4 is 28.2 Å². The van der Waals surface area contributed by atoms with Crippen LogP contribution >= 0.6 is 11.3 Å². The molecule has 0 saturated carbocycles. The van der Waals surface area contributed by atoms with E-state index in [9.17, 15) is 9.59 Å². The SMILES string of the molecule is COC(=O)c1c(NC(=O)COc2ccc(C(C)C)c(C)c2)sc2c1CC[C@@H](C)C2. The summed E-state index contributed by atoms with van der Waals surface area (Å²) >= 11 is 1.48. The fourth-order valence-electron chi connectivity index (χ4n) is 3.85. The predicted molar refractivity (Wildman–Crippen MR) is 116 cm³/mol. The second kappa shape index (κ2) is 8.99. The largest absolute Gasteiger partial charge is 0.484 e. The Morgan fingerprint density at radius 1 is 1.31 bits per heavy atom. The number of aryl methyl sites for hydroxylation is 1. The Bertz CT molecular complexity index is 916. The number of thiophene rings is 1. The molecule has 1 aliphatic carbocycles. The highest BCUT2D eigenvalue weighted by molar-refractivity contribution is 7.17. The lowest BCUT2D eigenvalue weighted by Crippen LogP contribution is -2.21.